The van der Waals surface area contributed by atoms with Gasteiger partial charge < -0.3 is 19.1 Å². The number of carbonyl (C=O) groups excluding carboxylic acids is 1. The van der Waals surface area contributed by atoms with Crippen LogP contribution < -0.4 is 14.2 Å². The first-order chi connectivity index (χ1) is 19.8. The van der Waals surface area contributed by atoms with Crippen LogP contribution in [0.15, 0.2) is 83.8 Å². The molecule has 0 saturated carbocycles. The zero-order chi connectivity index (χ0) is 29.2. The molecule has 1 heterocycles. The highest BCUT2D eigenvalue weighted by Crippen LogP contribution is 2.21. The first-order valence-electron chi connectivity index (χ1n) is 13.4. The van der Waals surface area contributed by atoms with E-state index in [9.17, 15) is 13.2 Å². The molecule has 0 N–H and O–H groups in total. The van der Waals surface area contributed by atoms with Gasteiger partial charge in [0.2, 0.25) is 10.0 Å². The minimum atomic E-state index is -3.58. The topological polar surface area (TPSA) is 88.6 Å². The lowest BCUT2D eigenvalue weighted by atomic mass is 10.1. The van der Waals surface area contributed by atoms with E-state index in [2.05, 4.69) is 4.90 Å². The number of piperazine rings is 1. The highest BCUT2D eigenvalue weighted by Gasteiger charge is 2.29. The summed E-state index contributed by atoms with van der Waals surface area (Å²) in [7, 11) is 1.19. The van der Waals surface area contributed by atoms with Crippen LogP contribution in [-0.4, -0.2) is 95.6 Å². The van der Waals surface area contributed by atoms with Crippen LogP contribution in [0.1, 0.15) is 15.9 Å². The molecule has 10 heteroatoms. The molecule has 218 valence electrons. The normalized spacial score (nSPS) is 14.6. The summed E-state index contributed by atoms with van der Waals surface area (Å²) >= 11 is 0. The van der Waals surface area contributed by atoms with Crippen LogP contribution in [0.25, 0.3) is 6.08 Å². The summed E-state index contributed by atoms with van der Waals surface area (Å²) in [5, 5.41) is 0. The molecule has 0 atom stereocenters. The Kier molecular flexibility index (Phi) is 10.4. The van der Waals surface area contributed by atoms with Crippen LogP contribution in [0, 0.1) is 0 Å². The second-order valence-corrected chi connectivity index (χ2v) is 11.5. The van der Waals surface area contributed by atoms with Crippen molar-refractivity contribution in [3.63, 3.8) is 0 Å². The van der Waals surface area contributed by atoms with E-state index in [0.29, 0.717) is 62.9 Å². The molecule has 1 saturated heterocycles. The number of hydrogen-bond donors (Lipinski definition) is 0. The van der Waals surface area contributed by atoms with E-state index >= 15 is 0 Å². The predicted molar refractivity (Wildman–Crippen MR) is 159 cm³/mol. The predicted octanol–water partition coefficient (Wildman–Crippen LogP) is 3.87. The number of sulfonamides is 1. The van der Waals surface area contributed by atoms with Gasteiger partial charge in [-0.05, 0) is 54.6 Å². The van der Waals surface area contributed by atoms with E-state index in [-0.39, 0.29) is 10.8 Å². The second kappa shape index (κ2) is 14.2. The van der Waals surface area contributed by atoms with Crippen LogP contribution in [-0.2, 0) is 10.0 Å². The molecule has 0 aliphatic carbocycles. The van der Waals surface area contributed by atoms with Gasteiger partial charge in [0.1, 0.15) is 17.2 Å². The van der Waals surface area contributed by atoms with Gasteiger partial charge in [-0.2, -0.15) is 4.31 Å². The van der Waals surface area contributed by atoms with E-state index in [4.69, 9.17) is 14.2 Å². The van der Waals surface area contributed by atoms with Crippen LogP contribution >= 0.6 is 0 Å². The van der Waals surface area contributed by atoms with E-state index < -0.39 is 10.0 Å². The van der Waals surface area contributed by atoms with Gasteiger partial charge in [0.15, 0.2) is 0 Å². The number of benzene rings is 3. The van der Waals surface area contributed by atoms with Crippen molar-refractivity contribution in [1.29, 1.82) is 0 Å². The number of amides is 1. The van der Waals surface area contributed by atoms with Crippen molar-refractivity contribution in [2.45, 2.75) is 4.90 Å². The lowest BCUT2D eigenvalue weighted by Crippen LogP contribution is -2.50. The minimum absolute atomic E-state index is 0.0851. The monoisotopic (exact) mass is 579 g/mol. The molecule has 1 amide bonds. The summed E-state index contributed by atoms with van der Waals surface area (Å²) in [4.78, 5) is 17.7. The molecule has 0 bridgehead atoms. The molecule has 41 heavy (non-hydrogen) atoms. The molecule has 0 spiro atoms. The van der Waals surface area contributed by atoms with E-state index in [1.807, 2.05) is 36.4 Å². The largest absolute Gasteiger partial charge is 0.497 e. The average Bonchev–Trinajstić information content (AvgIpc) is 3.02. The van der Waals surface area contributed by atoms with Crippen molar-refractivity contribution in [3.05, 3.63) is 90.0 Å². The highest BCUT2D eigenvalue weighted by atomic mass is 32.2. The first kappa shape index (κ1) is 30.1. The van der Waals surface area contributed by atoms with Gasteiger partial charge in [0, 0.05) is 56.9 Å². The van der Waals surface area contributed by atoms with Gasteiger partial charge in [-0.15, -0.1) is 0 Å². The molecule has 3 aromatic rings. The fraction of sp³-hybridized carbons (Fsp3) is 0.323. The second-order valence-electron chi connectivity index (χ2n) is 9.55. The number of rotatable bonds is 12. The van der Waals surface area contributed by atoms with Crippen molar-refractivity contribution < 1.29 is 27.4 Å². The molecule has 1 aliphatic heterocycles. The summed E-state index contributed by atoms with van der Waals surface area (Å²) in [6, 6.07) is 21.2. The first-order valence-corrected chi connectivity index (χ1v) is 14.9. The zero-order valence-corrected chi connectivity index (χ0v) is 24.5. The fourth-order valence-corrected chi connectivity index (χ4v) is 6.08. The number of hydrogen-bond acceptors (Lipinski definition) is 7. The Morgan fingerprint density at radius 1 is 0.829 bits per heavy atom. The molecule has 3 aromatic carbocycles. The quantitative estimate of drug-likeness (QED) is 0.322. The number of carbonyl (C=O) groups is 1. The van der Waals surface area contributed by atoms with Crippen LogP contribution in [0.5, 0.6) is 17.2 Å². The summed E-state index contributed by atoms with van der Waals surface area (Å²) in [6.45, 7) is 3.46. The lowest BCUT2D eigenvalue weighted by Gasteiger charge is -2.35. The van der Waals surface area contributed by atoms with Crippen molar-refractivity contribution in [1.82, 2.24) is 14.1 Å². The van der Waals surface area contributed by atoms with Crippen molar-refractivity contribution in [2.75, 3.05) is 67.1 Å². The third-order valence-electron chi connectivity index (χ3n) is 7.10. The molecule has 0 unspecified atom stereocenters. The smallest absolute Gasteiger partial charge is 0.254 e. The Morgan fingerprint density at radius 2 is 1.44 bits per heavy atom. The van der Waals surface area contributed by atoms with Crippen molar-refractivity contribution in [3.8, 4) is 17.2 Å². The zero-order valence-electron chi connectivity index (χ0n) is 23.7. The van der Waals surface area contributed by atoms with Crippen molar-refractivity contribution >= 4 is 22.0 Å². The number of ether oxygens (including phenoxy) is 3. The van der Waals surface area contributed by atoms with E-state index in [1.165, 1.54) is 4.31 Å². The molecular weight excluding hydrogens is 542 g/mol. The Hall–Kier alpha value is -3.86. The van der Waals surface area contributed by atoms with E-state index in [1.54, 1.807) is 74.8 Å². The summed E-state index contributed by atoms with van der Waals surface area (Å²) in [5.41, 5.74) is 1.51. The van der Waals surface area contributed by atoms with Crippen LogP contribution in [0.4, 0.5) is 0 Å². The standard InChI is InChI=1S/C31H37N3O6S/c1-38-27-12-10-26(11-13-27)31(35)33(18-6-8-25-7-4-5-9-30(25)40-3)22-19-32-20-23-34(24-21-32)41(36,37)29-16-14-28(39-2)15-17-29/h4-17H,18-24H2,1-3H3. The maximum absolute atomic E-state index is 13.5. The third kappa shape index (κ3) is 7.66. The molecular formula is C31H37N3O6S. The maximum Gasteiger partial charge on any atom is 0.254 e. The molecule has 1 fully saturated rings. The Bertz CT molecular complexity index is 1420. The number of methoxy groups -OCH3 is 3. The molecule has 1 aliphatic rings. The number of para-hydroxylation sites is 1. The molecule has 4 rings (SSSR count). The van der Waals surface area contributed by atoms with Gasteiger partial charge >= 0.3 is 0 Å². The number of nitrogens with zero attached hydrogens (tertiary/aromatic N) is 3. The lowest BCUT2D eigenvalue weighted by molar-refractivity contribution is 0.0745. The summed E-state index contributed by atoms with van der Waals surface area (Å²) in [5.74, 6) is 1.98. The summed E-state index contributed by atoms with van der Waals surface area (Å²) in [6.07, 6.45) is 3.91. The van der Waals surface area contributed by atoms with Crippen molar-refractivity contribution in [2.24, 2.45) is 0 Å². The third-order valence-corrected chi connectivity index (χ3v) is 9.01. The molecule has 0 radical (unpaired) electrons. The van der Waals surface area contributed by atoms with E-state index in [0.717, 1.165) is 11.3 Å². The highest BCUT2D eigenvalue weighted by molar-refractivity contribution is 7.89. The van der Waals surface area contributed by atoms with Crippen LogP contribution in [0.2, 0.25) is 0 Å². The fourth-order valence-electron chi connectivity index (χ4n) is 4.66. The Labute approximate surface area is 242 Å². The van der Waals surface area contributed by atoms with Gasteiger partial charge in [-0.25, -0.2) is 8.42 Å². The summed E-state index contributed by atoms with van der Waals surface area (Å²) < 4.78 is 43.6. The van der Waals surface area contributed by atoms with Gasteiger partial charge in [-0.1, -0.05) is 30.4 Å². The maximum atomic E-state index is 13.5. The van der Waals surface area contributed by atoms with Gasteiger partial charge in [0.05, 0.1) is 26.2 Å². The van der Waals surface area contributed by atoms with Crippen LogP contribution in [0.3, 0.4) is 0 Å². The van der Waals surface area contributed by atoms with Gasteiger partial charge in [-0.3, -0.25) is 9.69 Å². The average molecular weight is 580 g/mol. The Morgan fingerprint density at radius 3 is 2.05 bits per heavy atom. The molecule has 9 nitrogen and oxygen atoms in total. The molecule has 0 aromatic heterocycles. The minimum Gasteiger partial charge on any atom is -0.497 e. The van der Waals surface area contributed by atoms with Gasteiger partial charge in [0.25, 0.3) is 5.91 Å². The Balaban J connectivity index is 1.40. The SMILES string of the molecule is COc1ccc(C(=O)N(CC=Cc2ccccc2OC)CCN2CCN(S(=O)(=O)c3ccc(OC)cc3)CC2)cc1.